The molecule has 0 aliphatic heterocycles. The van der Waals surface area contributed by atoms with E-state index in [1.165, 1.54) is 6.07 Å². The van der Waals surface area contributed by atoms with E-state index in [-0.39, 0.29) is 18.4 Å². The van der Waals surface area contributed by atoms with Gasteiger partial charge in [-0.25, -0.2) is 9.18 Å². The lowest BCUT2D eigenvalue weighted by Crippen LogP contribution is -2.09. The monoisotopic (exact) mass is 403 g/mol. The summed E-state index contributed by atoms with van der Waals surface area (Å²) in [6.45, 7) is 2.56. The Kier molecular flexibility index (Phi) is 11.4. The van der Waals surface area contributed by atoms with E-state index in [0.717, 1.165) is 31.1 Å². The summed E-state index contributed by atoms with van der Waals surface area (Å²) in [5, 5.41) is 7.86. The lowest BCUT2D eigenvalue weighted by Gasteiger charge is -2.20. The van der Waals surface area contributed by atoms with Gasteiger partial charge < -0.3 is 20.3 Å². The molecule has 7 heteroatoms. The summed E-state index contributed by atoms with van der Waals surface area (Å²) in [6.07, 6.45) is 4.26. The van der Waals surface area contributed by atoms with Crippen LogP contribution < -0.4 is 10.5 Å². The first-order valence-corrected chi connectivity index (χ1v) is 9.14. The maximum atomic E-state index is 13.6. The molecule has 0 fully saturated rings. The Hall–Kier alpha value is -3.19. The van der Waals surface area contributed by atoms with Crippen LogP contribution in [-0.2, 0) is 14.3 Å². The summed E-state index contributed by atoms with van der Waals surface area (Å²) in [6, 6.07) is 15.0. The number of carbonyl (C=O) groups is 2. The second-order valence-electron chi connectivity index (χ2n) is 6.09. The number of aryl methyl sites for hydroxylation is 1. The summed E-state index contributed by atoms with van der Waals surface area (Å²) in [5.74, 6) is -0.812. The Labute approximate surface area is 169 Å². The molecule has 0 aromatic heterocycles. The Morgan fingerprint density at radius 1 is 1.21 bits per heavy atom. The van der Waals surface area contributed by atoms with Crippen molar-refractivity contribution in [2.24, 2.45) is 5.73 Å². The van der Waals surface area contributed by atoms with Crippen molar-refractivity contribution in [2.45, 2.75) is 32.3 Å². The first-order chi connectivity index (χ1) is 14.0. The number of halogens is 1. The van der Waals surface area contributed by atoms with Gasteiger partial charge in [-0.1, -0.05) is 36.4 Å². The number of nitrogens with two attached hydrogens (primary N) is 1. The van der Waals surface area contributed by atoms with Gasteiger partial charge in [-0.3, -0.25) is 4.79 Å². The van der Waals surface area contributed by atoms with Gasteiger partial charge in [0.1, 0.15) is 23.9 Å². The van der Waals surface area contributed by atoms with E-state index >= 15 is 0 Å². The van der Waals surface area contributed by atoms with Gasteiger partial charge >= 0.3 is 5.97 Å². The smallest absolute Gasteiger partial charge is 0.331 e. The molecule has 2 aromatic carbocycles. The summed E-state index contributed by atoms with van der Waals surface area (Å²) >= 11 is 0. The topological polar surface area (TPSA) is 98.9 Å². The SMILES string of the molecule is Cc1ccc(O[C@H](CCCCN)c2ccccc2)cc1F.O=CO/C=C/C(=O)O. The Balaban J connectivity index is 0.000000447. The van der Waals surface area contributed by atoms with E-state index < -0.39 is 5.97 Å². The third kappa shape index (κ3) is 10.1. The van der Waals surface area contributed by atoms with Crippen molar-refractivity contribution in [3.63, 3.8) is 0 Å². The van der Waals surface area contributed by atoms with Crippen LogP contribution in [0.4, 0.5) is 4.39 Å². The number of hydrogen-bond donors (Lipinski definition) is 2. The predicted octanol–water partition coefficient (Wildman–Crippen LogP) is 4.14. The zero-order chi connectivity index (χ0) is 21.5. The molecule has 1 atom stereocenters. The summed E-state index contributed by atoms with van der Waals surface area (Å²) in [5.41, 5.74) is 7.29. The van der Waals surface area contributed by atoms with Crippen molar-refractivity contribution >= 4 is 12.4 Å². The molecule has 3 N–H and O–H groups in total. The van der Waals surface area contributed by atoms with Crippen molar-refractivity contribution in [2.75, 3.05) is 6.54 Å². The number of unbranched alkanes of at least 4 members (excludes halogenated alkanes) is 1. The summed E-state index contributed by atoms with van der Waals surface area (Å²) in [7, 11) is 0. The molecule has 0 heterocycles. The van der Waals surface area contributed by atoms with Gasteiger partial charge in [0.25, 0.3) is 6.47 Å². The number of rotatable bonds is 10. The predicted molar refractivity (Wildman–Crippen MR) is 108 cm³/mol. The number of carboxylic acids is 1. The second kappa shape index (κ2) is 13.9. The van der Waals surface area contributed by atoms with Gasteiger partial charge in [-0.05, 0) is 49.9 Å². The fourth-order valence-electron chi connectivity index (χ4n) is 2.38. The van der Waals surface area contributed by atoms with Crippen LogP contribution in [0.2, 0.25) is 0 Å². The molecule has 0 radical (unpaired) electrons. The van der Waals surface area contributed by atoms with Crippen molar-refractivity contribution in [3.05, 3.63) is 77.8 Å². The highest BCUT2D eigenvalue weighted by Gasteiger charge is 2.13. The minimum Gasteiger partial charge on any atom is -0.486 e. The molecule has 2 rings (SSSR count). The molecule has 0 aliphatic carbocycles. The number of ether oxygens (including phenoxy) is 2. The van der Waals surface area contributed by atoms with Gasteiger partial charge in [0, 0.05) is 6.07 Å². The molecule has 0 unspecified atom stereocenters. The van der Waals surface area contributed by atoms with Crippen LogP contribution in [0.15, 0.2) is 60.9 Å². The maximum absolute atomic E-state index is 13.6. The molecule has 0 saturated carbocycles. The highest BCUT2D eigenvalue weighted by Crippen LogP contribution is 2.27. The number of hydrogen-bond acceptors (Lipinski definition) is 5. The largest absolute Gasteiger partial charge is 0.486 e. The third-order valence-electron chi connectivity index (χ3n) is 3.86. The molecular formula is C22H26FNO5. The Morgan fingerprint density at radius 3 is 2.52 bits per heavy atom. The molecule has 0 amide bonds. The van der Waals surface area contributed by atoms with E-state index in [2.05, 4.69) is 4.74 Å². The lowest BCUT2D eigenvalue weighted by atomic mass is 10.0. The van der Waals surface area contributed by atoms with Crippen LogP contribution in [0, 0.1) is 12.7 Å². The molecule has 0 saturated heterocycles. The van der Waals surface area contributed by atoms with Gasteiger partial charge in [0.2, 0.25) is 0 Å². The molecule has 156 valence electrons. The fourth-order valence-corrected chi connectivity index (χ4v) is 2.38. The van der Waals surface area contributed by atoms with Gasteiger partial charge in [-0.15, -0.1) is 0 Å². The van der Waals surface area contributed by atoms with Crippen LogP contribution in [0.3, 0.4) is 0 Å². The standard InChI is InChI=1S/C18H22FNO.C4H4O4/c1-14-10-11-16(13-17(14)19)21-18(9-5-6-12-20)15-7-3-2-4-8-15;5-3-8-2-1-4(6)7/h2-4,7-8,10-11,13,18H,5-6,9,12,20H2,1H3;1-3H,(H,6,7)/b;2-1+/t18-;/m1./s1. The van der Waals surface area contributed by atoms with Crippen LogP contribution in [0.25, 0.3) is 0 Å². The minimum absolute atomic E-state index is 0.0696. The number of carboxylic acid groups (broad SMARTS) is 1. The lowest BCUT2D eigenvalue weighted by molar-refractivity contribution is -0.131. The molecule has 0 aliphatic rings. The van der Waals surface area contributed by atoms with E-state index in [0.29, 0.717) is 23.9 Å². The first kappa shape index (κ1) is 23.8. The van der Waals surface area contributed by atoms with Gasteiger partial charge in [-0.2, -0.15) is 0 Å². The van der Waals surface area contributed by atoms with Gasteiger partial charge in [0.05, 0.1) is 6.08 Å². The van der Waals surface area contributed by atoms with Crippen LogP contribution in [0.1, 0.15) is 36.5 Å². The molecule has 0 spiro atoms. The van der Waals surface area contributed by atoms with Crippen molar-refractivity contribution < 1.29 is 28.6 Å². The summed E-state index contributed by atoms with van der Waals surface area (Å²) in [4.78, 5) is 18.9. The fraction of sp³-hybridized carbons (Fsp3) is 0.273. The third-order valence-corrected chi connectivity index (χ3v) is 3.86. The summed E-state index contributed by atoms with van der Waals surface area (Å²) < 4.78 is 23.5. The molecule has 6 nitrogen and oxygen atoms in total. The zero-order valence-electron chi connectivity index (χ0n) is 16.3. The van der Waals surface area contributed by atoms with E-state index in [1.54, 1.807) is 13.0 Å². The van der Waals surface area contributed by atoms with E-state index in [9.17, 15) is 14.0 Å². The second-order valence-corrected chi connectivity index (χ2v) is 6.09. The van der Waals surface area contributed by atoms with Crippen molar-refractivity contribution in [3.8, 4) is 5.75 Å². The Bertz CT molecular complexity index is 780. The van der Waals surface area contributed by atoms with E-state index in [4.69, 9.17) is 15.6 Å². The average molecular weight is 403 g/mol. The maximum Gasteiger partial charge on any atom is 0.331 e. The molecular weight excluding hydrogens is 377 g/mol. The normalized spacial score (nSPS) is 11.3. The molecule has 29 heavy (non-hydrogen) atoms. The van der Waals surface area contributed by atoms with Crippen LogP contribution in [0.5, 0.6) is 5.75 Å². The number of benzene rings is 2. The van der Waals surface area contributed by atoms with Gasteiger partial charge in [0.15, 0.2) is 0 Å². The van der Waals surface area contributed by atoms with Crippen molar-refractivity contribution in [1.82, 2.24) is 0 Å². The zero-order valence-corrected chi connectivity index (χ0v) is 16.3. The average Bonchev–Trinajstić information content (AvgIpc) is 2.71. The number of aliphatic carboxylic acids is 1. The minimum atomic E-state index is -1.15. The molecule has 0 bridgehead atoms. The van der Waals surface area contributed by atoms with Crippen LogP contribution >= 0.6 is 0 Å². The van der Waals surface area contributed by atoms with Crippen LogP contribution in [-0.4, -0.2) is 24.1 Å². The number of carbonyl (C=O) groups excluding carboxylic acids is 1. The Morgan fingerprint density at radius 2 is 1.93 bits per heavy atom. The quantitative estimate of drug-likeness (QED) is 0.268. The molecule has 2 aromatic rings. The highest BCUT2D eigenvalue weighted by atomic mass is 19.1. The highest BCUT2D eigenvalue weighted by molar-refractivity contribution is 5.79. The van der Waals surface area contributed by atoms with E-state index in [1.807, 2.05) is 36.4 Å². The first-order valence-electron chi connectivity index (χ1n) is 9.14. The van der Waals surface area contributed by atoms with Crippen molar-refractivity contribution in [1.29, 1.82) is 0 Å².